The first-order valence-electron chi connectivity index (χ1n) is 9.75. The fraction of sp³-hybridized carbons (Fsp3) is 0.167. The van der Waals surface area contributed by atoms with Crippen LogP contribution in [0.2, 0.25) is 10.0 Å². The van der Waals surface area contributed by atoms with Crippen LogP contribution in [-0.2, 0) is 13.0 Å². The molecule has 4 rings (SSSR count). The van der Waals surface area contributed by atoms with E-state index in [0.717, 1.165) is 28.0 Å². The number of carbonyl (C=O) groups is 1. The van der Waals surface area contributed by atoms with Crippen molar-refractivity contribution in [1.29, 1.82) is 0 Å². The highest BCUT2D eigenvalue weighted by Gasteiger charge is 2.14. The minimum Gasteiger partial charge on any atom is -0.352 e. The Morgan fingerprint density at radius 2 is 1.80 bits per heavy atom. The van der Waals surface area contributed by atoms with Crippen LogP contribution < -0.4 is 5.32 Å². The van der Waals surface area contributed by atoms with E-state index in [4.69, 9.17) is 28.2 Å². The molecule has 0 aliphatic carbocycles. The summed E-state index contributed by atoms with van der Waals surface area (Å²) in [5, 5.41) is 4.24. The molecular formula is C24H21Cl2N3O. The number of hydrogen-bond donors (Lipinski definition) is 1. The van der Waals surface area contributed by atoms with Crippen molar-refractivity contribution in [3.05, 3.63) is 99.3 Å². The summed E-state index contributed by atoms with van der Waals surface area (Å²) in [6.45, 7) is 3.01. The second kappa shape index (κ2) is 8.90. The van der Waals surface area contributed by atoms with Crippen LogP contribution in [0.25, 0.3) is 11.0 Å². The monoisotopic (exact) mass is 437 g/mol. The Morgan fingerprint density at radius 3 is 2.60 bits per heavy atom. The zero-order valence-electron chi connectivity index (χ0n) is 16.5. The summed E-state index contributed by atoms with van der Waals surface area (Å²) in [6.07, 6.45) is 0.609. The van der Waals surface area contributed by atoms with E-state index >= 15 is 0 Å². The molecule has 0 aliphatic heterocycles. The predicted molar refractivity (Wildman–Crippen MR) is 123 cm³/mol. The Kier molecular flexibility index (Phi) is 6.07. The molecule has 0 unspecified atom stereocenters. The van der Waals surface area contributed by atoms with Crippen molar-refractivity contribution in [3.63, 3.8) is 0 Å². The zero-order chi connectivity index (χ0) is 21.1. The number of imidazole rings is 1. The van der Waals surface area contributed by atoms with Gasteiger partial charge in [0.2, 0.25) is 0 Å². The Hall–Kier alpha value is -2.82. The van der Waals surface area contributed by atoms with Gasteiger partial charge in [-0.2, -0.15) is 0 Å². The number of halogens is 2. The average molecular weight is 438 g/mol. The topological polar surface area (TPSA) is 46.9 Å². The summed E-state index contributed by atoms with van der Waals surface area (Å²) >= 11 is 12.4. The molecule has 0 fully saturated rings. The molecule has 152 valence electrons. The standard InChI is InChI=1S/C24H21Cl2N3O/c1-16-6-2-3-7-19(16)24(30)27-13-12-23-28-21-8-4-5-9-22(21)29(23)15-17-10-11-18(25)14-20(17)26/h2-11,14H,12-13,15H2,1H3,(H,27,30). The summed E-state index contributed by atoms with van der Waals surface area (Å²) in [7, 11) is 0. The van der Waals surface area contributed by atoms with Gasteiger partial charge in [-0.3, -0.25) is 4.79 Å². The third-order valence-corrected chi connectivity index (χ3v) is 5.69. The van der Waals surface area contributed by atoms with Gasteiger partial charge in [-0.05, 0) is 48.4 Å². The van der Waals surface area contributed by atoms with Gasteiger partial charge in [0.1, 0.15) is 5.82 Å². The highest BCUT2D eigenvalue weighted by molar-refractivity contribution is 6.35. The lowest BCUT2D eigenvalue weighted by atomic mass is 10.1. The van der Waals surface area contributed by atoms with Crippen molar-refractivity contribution in [2.45, 2.75) is 19.9 Å². The fourth-order valence-electron chi connectivity index (χ4n) is 3.52. The summed E-state index contributed by atoms with van der Waals surface area (Å²) < 4.78 is 2.14. The number of nitrogens with zero attached hydrogens (tertiary/aromatic N) is 2. The summed E-state index contributed by atoms with van der Waals surface area (Å²) in [6, 6.07) is 21.1. The van der Waals surface area contributed by atoms with E-state index in [-0.39, 0.29) is 5.91 Å². The highest BCUT2D eigenvalue weighted by atomic mass is 35.5. The van der Waals surface area contributed by atoms with Gasteiger partial charge in [-0.25, -0.2) is 4.98 Å². The van der Waals surface area contributed by atoms with Crippen LogP contribution in [0.5, 0.6) is 0 Å². The van der Waals surface area contributed by atoms with Crippen molar-refractivity contribution in [2.75, 3.05) is 6.54 Å². The smallest absolute Gasteiger partial charge is 0.251 e. The first kappa shape index (κ1) is 20.5. The predicted octanol–water partition coefficient (Wildman–Crippen LogP) is 5.67. The SMILES string of the molecule is Cc1ccccc1C(=O)NCCc1nc2ccccc2n1Cc1ccc(Cl)cc1Cl. The normalized spacial score (nSPS) is 11.0. The van der Waals surface area contributed by atoms with E-state index in [1.807, 2.05) is 67.6 Å². The lowest BCUT2D eigenvalue weighted by Crippen LogP contribution is -2.27. The molecule has 6 heteroatoms. The Balaban J connectivity index is 1.56. The van der Waals surface area contributed by atoms with Gasteiger partial charge in [-0.15, -0.1) is 0 Å². The first-order valence-corrected chi connectivity index (χ1v) is 10.5. The molecule has 3 aromatic carbocycles. The molecule has 30 heavy (non-hydrogen) atoms. The Labute approximate surface area is 185 Å². The van der Waals surface area contributed by atoms with Crippen LogP contribution >= 0.6 is 23.2 Å². The maximum Gasteiger partial charge on any atom is 0.251 e. The van der Waals surface area contributed by atoms with Gasteiger partial charge >= 0.3 is 0 Å². The minimum atomic E-state index is -0.0727. The number of carbonyl (C=O) groups excluding carboxylic acids is 1. The maximum atomic E-state index is 12.5. The molecule has 0 atom stereocenters. The number of hydrogen-bond acceptors (Lipinski definition) is 2. The third-order valence-electron chi connectivity index (χ3n) is 5.10. The number of fused-ring (bicyclic) bond motifs is 1. The average Bonchev–Trinajstić information content (AvgIpc) is 3.07. The van der Waals surface area contributed by atoms with Crippen molar-refractivity contribution in [3.8, 4) is 0 Å². The molecule has 0 radical (unpaired) electrons. The van der Waals surface area contributed by atoms with Crippen LogP contribution in [0.1, 0.15) is 27.3 Å². The second-order valence-electron chi connectivity index (χ2n) is 7.16. The van der Waals surface area contributed by atoms with Crippen LogP contribution in [0.3, 0.4) is 0 Å². The summed E-state index contributed by atoms with van der Waals surface area (Å²) in [5.74, 6) is 0.823. The van der Waals surface area contributed by atoms with Gasteiger partial charge in [0.15, 0.2) is 0 Å². The molecule has 1 amide bonds. The lowest BCUT2D eigenvalue weighted by Gasteiger charge is -2.12. The quantitative estimate of drug-likeness (QED) is 0.422. The van der Waals surface area contributed by atoms with Crippen molar-refractivity contribution < 1.29 is 4.79 Å². The summed E-state index contributed by atoms with van der Waals surface area (Å²) in [5.41, 5.74) is 4.57. The van der Waals surface area contributed by atoms with Gasteiger partial charge in [0, 0.05) is 28.6 Å². The van der Waals surface area contributed by atoms with Gasteiger partial charge in [0.05, 0.1) is 17.6 Å². The molecule has 0 aliphatic rings. The molecule has 4 nitrogen and oxygen atoms in total. The maximum absolute atomic E-state index is 12.5. The third kappa shape index (κ3) is 4.35. The van der Waals surface area contributed by atoms with Crippen molar-refractivity contribution >= 4 is 40.1 Å². The summed E-state index contributed by atoms with van der Waals surface area (Å²) in [4.78, 5) is 17.3. The number of benzene rings is 3. The number of nitrogens with one attached hydrogen (secondary N) is 1. The molecule has 1 aromatic heterocycles. The molecule has 0 bridgehead atoms. The van der Waals surface area contributed by atoms with E-state index in [2.05, 4.69) is 9.88 Å². The highest BCUT2D eigenvalue weighted by Crippen LogP contribution is 2.24. The number of aryl methyl sites for hydroxylation is 1. The minimum absolute atomic E-state index is 0.0727. The van der Waals surface area contributed by atoms with Crippen molar-refractivity contribution in [2.24, 2.45) is 0 Å². The van der Waals surface area contributed by atoms with E-state index in [0.29, 0.717) is 35.1 Å². The van der Waals surface area contributed by atoms with E-state index in [1.54, 1.807) is 6.07 Å². The largest absolute Gasteiger partial charge is 0.352 e. The second-order valence-corrected chi connectivity index (χ2v) is 8.00. The number of rotatable bonds is 6. The molecule has 1 N–H and O–H groups in total. The molecule has 0 saturated heterocycles. The van der Waals surface area contributed by atoms with Crippen LogP contribution in [0, 0.1) is 6.92 Å². The number of aromatic nitrogens is 2. The zero-order valence-corrected chi connectivity index (χ0v) is 18.0. The molecule has 0 spiro atoms. The van der Waals surface area contributed by atoms with Crippen molar-refractivity contribution in [1.82, 2.24) is 14.9 Å². The van der Waals surface area contributed by atoms with Gasteiger partial charge in [-0.1, -0.05) is 59.6 Å². The van der Waals surface area contributed by atoms with Crippen LogP contribution in [0.4, 0.5) is 0 Å². The molecular weight excluding hydrogens is 417 g/mol. The number of amides is 1. The molecule has 4 aromatic rings. The Morgan fingerprint density at radius 1 is 1.03 bits per heavy atom. The van der Waals surface area contributed by atoms with E-state index in [1.165, 1.54) is 0 Å². The fourth-order valence-corrected chi connectivity index (χ4v) is 3.99. The molecule has 0 saturated carbocycles. The van der Waals surface area contributed by atoms with Gasteiger partial charge < -0.3 is 9.88 Å². The number of para-hydroxylation sites is 2. The Bertz CT molecular complexity index is 1220. The molecule has 1 heterocycles. The van der Waals surface area contributed by atoms with Gasteiger partial charge in [0.25, 0.3) is 5.91 Å². The lowest BCUT2D eigenvalue weighted by molar-refractivity contribution is 0.0953. The van der Waals surface area contributed by atoms with E-state index in [9.17, 15) is 4.79 Å². The first-order chi connectivity index (χ1) is 14.5. The van der Waals surface area contributed by atoms with Crippen LogP contribution in [0.15, 0.2) is 66.7 Å². The van der Waals surface area contributed by atoms with Crippen LogP contribution in [-0.4, -0.2) is 22.0 Å². The van der Waals surface area contributed by atoms with E-state index < -0.39 is 0 Å².